The number of hydrogen-bond donors (Lipinski definition) is 1. The van der Waals surface area contributed by atoms with Crippen molar-refractivity contribution in [2.75, 3.05) is 26.7 Å². The van der Waals surface area contributed by atoms with Gasteiger partial charge in [0.05, 0.1) is 5.69 Å². The highest BCUT2D eigenvalue weighted by molar-refractivity contribution is 5.91. The fourth-order valence-electron chi connectivity index (χ4n) is 2.33. The summed E-state index contributed by atoms with van der Waals surface area (Å²) in [6.45, 7) is 4.40. The van der Waals surface area contributed by atoms with Crippen molar-refractivity contribution in [3.8, 4) is 0 Å². The Hall–Kier alpha value is -1.36. The zero-order valence-corrected chi connectivity index (χ0v) is 10.4. The van der Waals surface area contributed by atoms with E-state index in [1.54, 1.807) is 6.07 Å². The van der Waals surface area contributed by atoms with E-state index >= 15 is 0 Å². The molecule has 0 radical (unpaired) electrons. The summed E-state index contributed by atoms with van der Waals surface area (Å²) < 4.78 is 5.02. The van der Waals surface area contributed by atoms with Gasteiger partial charge in [-0.2, -0.15) is 0 Å². The second-order valence-electron chi connectivity index (χ2n) is 4.65. The molecule has 1 aliphatic rings. The van der Waals surface area contributed by atoms with Gasteiger partial charge in [0.15, 0.2) is 0 Å². The largest absolute Gasteiger partial charge is 0.351 e. The highest BCUT2D eigenvalue weighted by Crippen LogP contribution is 2.18. The number of piperidine rings is 1. The molecule has 0 aliphatic carbocycles. The Bertz CT molecular complexity index is 387. The summed E-state index contributed by atoms with van der Waals surface area (Å²) in [5.41, 5.74) is 0.747. The van der Waals surface area contributed by atoms with E-state index in [0.29, 0.717) is 11.7 Å². The topological polar surface area (TPSA) is 58.4 Å². The van der Waals surface area contributed by atoms with Crippen LogP contribution in [0.25, 0.3) is 0 Å². The second-order valence-corrected chi connectivity index (χ2v) is 4.65. The third kappa shape index (κ3) is 2.85. The summed E-state index contributed by atoms with van der Waals surface area (Å²) in [5.74, 6) is 0.862. The SMILES string of the molecule is CNCC1CCCN(C(=O)c2cc(C)no2)C1. The first-order valence-corrected chi connectivity index (χ1v) is 6.08. The number of amides is 1. The van der Waals surface area contributed by atoms with Crippen molar-refractivity contribution in [1.82, 2.24) is 15.4 Å². The average molecular weight is 237 g/mol. The number of aromatic nitrogens is 1. The monoisotopic (exact) mass is 237 g/mol. The van der Waals surface area contributed by atoms with Crippen molar-refractivity contribution in [3.05, 3.63) is 17.5 Å². The van der Waals surface area contributed by atoms with Gasteiger partial charge >= 0.3 is 0 Å². The van der Waals surface area contributed by atoms with E-state index in [9.17, 15) is 4.79 Å². The molecule has 1 amide bonds. The smallest absolute Gasteiger partial charge is 0.292 e. The molecule has 5 nitrogen and oxygen atoms in total. The van der Waals surface area contributed by atoms with Gasteiger partial charge in [0.1, 0.15) is 0 Å². The van der Waals surface area contributed by atoms with Crippen molar-refractivity contribution in [3.63, 3.8) is 0 Å². The molecule has 2 heterocycles. The minimum atomic E-state index is -0.0357. The molecule has 0 saturated carbocycles. The molecule has 1 aliphatic heterocycles. The van der Waals surface area contributed by atoms with Gasteiger partial charge in [0.25, 0.3) is 5.91 Å². The summed E-state index contributed by atoms with van der Waals surface area (Å²) in [7, 11) is 1.95. The van der Waals surface area contributed by atoms with Crippen LogP contribution in [0.15, 0.2) is 10.6 Å². The molecule has 94 valence electrons. The molecule has 2 rings (SSSR count). The van der Waals surface area contributed by atoms with Crippen molar-refractivity contribution in [2.45, 2.75) is 19.8 Å². The van der Waals surface area contributed by atoms with Crippen LogP contribution in [0.5, 0.6) is 0 Å². The molecule has 0 bridgehead atoms. The zero-order valence-electron chi connectivity index (χ0n) is 10.4. The normalized spacial score (nSPS) is 20.6. The van der Waals surface area contributed by atoms with Crippen LogP contribution in [0.2, 0.25) is 0 Å². The number of aryl methyl sites for hydroxylation is 1. The van der Waals surface area contributed by atoms with Gasteiger partial charge in [-0.15, -0.1) is 0 Å². The lowest BCUT2D eigenvalue weighted by Crippen LogP contribution is -2.42. The maximum Gasteiger partial charge on any atom is 0.292 e. The maximum absolute atomic E-state index is 12.1. The first-order valence-electron chi connectivity index (χ1n) is 6.08. The fourth-order valence-corrected chi connectivity index (χ4v) is 2.33. The Labute approximate surface area is 101 Å². The molecular weight excluding hydrogens is 218 g/mol. The van der Waals surface area contributed by atoms with Gasteiger partial charge in [0, 0.05) is 19.2 Å². The number of rotatable bonds is 3. The molecular formula is C12H19N3O2. The Morgan fingerprint density at radius 1 is 1.71 bits per heavy atom. The molecule has 1 N–H and O–H groups in total. The molecule has 1 fully saturated rings. The highest BCUT2D eigenvalue weighted by atomic mass is 16.5. The van der Waals surface area contributed by atoms with E-state index < -0.39 is 0 Å². The van der Waals surface area contributed by atoms with Gasteiger partial charge in [-0.3, -0.25) is 4.79 Å². The van der Waals surface area contributed by atoms with Gasteiger partial charge in [-0.05, 0) is 39.3 Å². The van der Waals surface area contributed by atoms with Crippen molar-refractivity contribution >= 4 is 5.91 Å². The van der Waals surface area contributed by atoms with Crippen molar-refractivity contribution in [1.29, 1.82) is 0 Å². The lowest BCUT2D eigenvalue weighted by molar-refractivity contribution is 0.0632. The molecule has 0 spiro atoms. The Morgan fingerprint density at radius 3 is 3.18 bits per heavy atom. The molecule has 1 unspecified atom stereocenters. The first kappa shape index (κ1) is 12.1. The van der Waals surface area contributed by atoms with Crippen LogP contribution in [0.4, 0.5) is 0 Å². The van der Waals surface area contributed by atoms with Gasteiger partial charge in [-0.25, -0.2) is 0 Å². The van der Waals surface area contributed by atoms with Crippen LogP contribution >= 0.6 is 0 Å². The van der Waals surface area contributed by atoms with Crippen LogP contribution in [-0.4, -0.2) is 42.6 Å². The molecule has 17 heavy (non-hydrogen) atoms. The molecule has 1 aromatic rings. The maximum atomic E-state index is 12.1. The predicted molar refractivity (Wildman–Crippen MR) is 63.8 cm³/mol. The number of nitrogens with one attached hydrogen (secondary N) is 1. The zero-order chi connectivity index (χ0) is 12.3. The van der Waals surface area contributed by atoms with E-state index in [2.05, 4.69) is 10.5 Å². The third-order valence-electron chi connectivity index (χ3n) is 3.14. The van der Waals surface area contributed by atoms with Crippen LogP contribution in [-0.2, 0) is 0 Å². The lowest BCUT2D eigenvalue weighted by Gasteiger charge is -2.31. The van der Waals surface area contributed by atoms with Crippen LogP contribution < -0.4 is 5.32 Å². The van der Waals surface area contributed by atoms with Gasteiger partial charge in [-0.1, -0.05) is 5.16 Å². The minimum Gasteiger partial charge on any atom is -0.351 e. The summed E-state index contributed by atoms with van der Waals surface area (Å²) in [6, 6.07) is 1.70. The van der Waals surface area contributed by atoms with Crippen molar-refractivity contribution in [2.24, 2.45) is 5.92 Å². The Morgan fingerprint density at radius 2 is 2.53 bits per heavy atom. The molecule has 0 aromatic carbocycles. The van der Waals surface area contributed by atoms with E-state index in [0.717, 1.165) is 31.7 Å². The van der Waals surface area contributed by atoms with Crippen molar-refractivity contribution < 1.29 is 9.32 Å². The number of hydrogen-bond acceptors (Lipinski definition) is 4. The molecule has 1 saturated heterocycles. The molecule has 5 heteroatoms. The summed E-state index contributed by atoms with van der Waals surface area (Å²) in [5, 5.41) is 6.92. The van der Waals surface area contributed by atoms with Gasteiger partial charge in [0.2, 0.25) is 5.76 Å². The summed E-state index contributed by atoms with van der Waals surface area (Å²) in [4.78, 5) is 14.0. The summed E-state index contributed by atoms with van der Waals surface area (Å²) in [6.07, 6.45) is 2.24. The van der Waals surface area contributed by atoms with Gasteiger partial charge < -0.3 is 14.7 Å². The van der Waals surface area contributed by atoms with E-state index in [1.807, 2.05) is 18.9 Å². The number of nitrogens with zero attached hydrogens (tertiary/aromatic N) is 2. The summed E-state index contributed by atoms with van der Waals surface area (Å²) >= 11 is 0. The van der Waals surface area contributed by atoms with Crippen LogP contribution in [0.3, 0.4) is 0 Å². The lowest BCUT2D eigenvalue weighted by atomic mass is 9.98. The molecule has 1 aromatic heterocycles. The quantitative estimate of drug-likeness (QED) is 0.854. The van der Waals surface area contributed by atoms with Crippen LogP contribution in [0.1, 0.15) is 29.1 Å². The van der Waals surface area contributed by atoms with Crippen LogP contribution in [0, 0.1) is 12.8 Å². The number of carbonyl (C=O) groups excluding carboxylic acids is 1. The Balaban J connectivity index is 1.99. The van der Waals surface area contributed by atoms with E-state index in [4.69, 9.17) is 4.52 Å². The van der Waals surface area contributed by atoms with E-state index in [-0.39, 0.29) is 5.91 Å². The molecule has 1 atom stereocenters. The fraction of sp³-hybridized carbons (Fsp3) is 0.667. The number of carbonyl (C=O) groups is 1. The number of likely N-dealkylation sites (tertiary alicyclic amines) is 1. The van der Waals surface area contributed by atoms with E-state index in [1.165, 1.54) is 6.42 Å². The average Bonchev–Trinajstić information content (AvgIpc) is 2.76. The second kappa shape index (κ2) is 5.31. The minimum absolute atomic E-state index is 0.0357. The Kier molecular flexibility index (Phi) is 3.78. The standard InChI is InChI=1S/C12H19N3O2/c1-9-6-11(17-14-9)12(16)15-5-3-4-10(8-15)7-13-2/h6,10,13H,3-5,7-8H2,1-2H3. The third-order valence-corrected chi connectivity index (χ3v) is 3.14. The predicted octanol–water partition coefficient (Wildman–Crippen LogP) is 1.05. The first-order chi connectivity index (χ1) is 8.20. The highest BCUT2D eigenvalue weighted by Gasteiger charge is 2.26.